The predicted octanol–water partition coefficient (Wildman–Crippen LogP) is 4.21. The molecule has 2 rings (SSSR count). The van der Waals surface area contributed by atoms with Crippen LogP contribution in [-0.4, -0.2) is 35.5 Å². The first kappa shape index (κ1) is 18.2. The molecule has 1 aromatic carbocycles. The van der Waals surface area contributed by atoms with Gasteiger partial charge in [0.1, 0.15) is 11.9 Å². The van der Waals surface area contributed by atoms with Gasteiger partial charge in [0.2, 0.25) is 5.91 Å². The van der Waals surface area contributed by atoms with E-state index in [9.17, 15) is 4.79 Å². The summed E-state index contributed by atoms with van der Waals surface area (Å²) in [5.74, 6) is 0.712. The maximum absolute atomic E-state index is 12.0. The van der Waals surface area contributed by atoms with Gasteiger partial charge in [0, 0.05) is 7.11 Å². The molecular weight excluding hydrogens is 380 g/mol. The highest BCUT2D eigenvalue weighted by molar-refractivity contribution is 9.10. The zero-order valence-electron chi connectivity index (χ0n) is 13.5. The minimum atomic E-state index is -0.187. The molecule has 0 saturated heterocycles. The van der Waals surface area contributed by atoms with Crippen LogP contribution >= 0.6 is 27.3 Å². The van der Waals surface area contributed by atoms with Crippen LogP contribution in [-0.2, 0) is 9.53 Å². The fourth-order valence-electron chi connectivity index (χ4n) is 2.10. The highest BCUT2D eigenvalue weighted by Gasteiger charge is 2.16. The van der Waals surface area contributed by atoms with Crippen LogP contribution in [0.1, 0.15) is 26.7 Å². The van der Waals surface area contributed by atoms with Crippen molar-refractivity contribution in [3.05, 3.63) is 18.2 Å². The summed E-state index contributed by atoms with van der Waals surface area (Å²) in [6, 6.07) is 5.71. The first-order valence-electron chi connectivity index (χ1n) is 7.54. The number of anilines is 1. The van der Waals surface area contributed by atoms with Crippen LogP contribution in [0.4, 0.5) is 5.13 Å². The molecule has 126 valence electrons. The number of amides is 1. The molecule has 0 fully saturated rings. The third-order valence-corrected chi connectivity index (χ3v) is 4.96. The average molecular weight is 401 g/mol. The number of benzene rings is 1. The van der Waals surface area contributed by atoms with Crippen molar-refractivity contribution in [2.75, 3.05) is 19.0 Å². The third-order valence-electron chi connectivity index (χ3n) is 3.16. The van der Waals surface area contributed by atoms with E-state index in [0.717, 1.165) is 28.8 Å². The lowest BCUT2D eigenvalue weighted by atomic mass is 10.2. The van der Waals surface area contributed by atoms with Gasteiger partial charge in [-0.25, -0.2) is 4.98 Å². The van der Waals surface area contributed by atoms with E-state index >= 15 is 0 Å². The summed E-state index contributed by atoms with van der Waals surface area (Å²) in [5, 5.41) is 3.46. The number of alkyl halides is 1. The Balaban J connectivity index is 2.08. The number of hydrogen-bond donors (Lipinski definition) is 1. The summed E-state index contributed by atoms with van der Waals surface area (Å²) in [4.78, 5) is 16.3. The monoisotopic (exact) mass is 400 g/mol. The van der Waals surface area contributed by atoms with E-state index in [1.165, 1.54) is 11.3 Å². The Hall–Kier alpha value is -1.18. The summed E-state index contributed by atoms with van der Waals surface area (Å²) in [6.45, 7) is 4.54. The Labute approximate surface area is 148 Å². The van der Waals surface area contributed by atoms with Gasteiger partial charge in [0.15, 0.2) is 5.13 Å². The Morgan fingerprint density at radius 2 is 2.26 bits per heavy atom. The zero-order valence-corrected chi connectivity index (χ0v) is 15.9. The average Bonchev–Trinajstić information content (AvgIpc) is 2.89. The van der Waals surface area contributed by atoms with E-state index in [-0.39, 0.29) is 16.8 Å². The number of fused-ring (bicyclic) bond motifs is 1. The van der Waals surface area contributed by atoms with E-state index < -0.39 is 0 Å². The maximum atomic E-state index is 12.0. The van der Waals surface area contributed by atoms with E-state index in [4.69, 9.17) is 9.47 Å². The van der Waals surface area contributed by atoms with Crippen LogP contribution in [0.2, 0.25) is 0 Å². The molecule has 1 heterocycles. The minimum Gasteiger partial charge on any atom is -0.488 e. The second-order valence-corrected chi connectivity index (χ2v) is 7.41. The van der Waals surface area contributed by atoms with Crippen LogP contribution in [0.3, 0.4) is 0 Å². The molecule has 0 bridgehead atoms. The van der Waals surface area contributed by atoms with Gasteiger partial charge >= 0.3 is 0 Å². The molecule has 0 aliphatic rings. The number of nitrogens with zero attached hydrogens (tertiary/aromatic N) is 1. The third kappa shape index (κ3) is 5.16. The lowest BCUT2D eigenvalue weighted by Gasteiger charge is -2.13. The lowest BCUT2D eigenvalue weighted by Crippen LogP contribution is -2.22. The number of halogens is 1. The van der Waals surface area contributed by atoms with Gasteiger partial charge in [-0.3, -0.25) is 4.79 Å². The molecule has 5 nitrogen and oxygen atoms in total. The molecular formula is C16H21BrN2O3S. The first-order chi connectivity index (χ1) is 11.0. The Kier molecular flexibility index (Phi) is 6.80. The summed E-state index contributed by atoms with van der Waals surface area (Å²) in [7, 11) is 1.65. The summed E-state index contributed by atoms with van der Waals surface area (Å²) in [6.07, 6.45) is 1.73. The molecule has 7 heteroatoms. The van der Waals surface area contributed by atoms with Crippen molar-refractivity contribution in [1.29, 1.82) is 0 Å². The number of nitrogens with one attached hydrogen (secondary N) is 1. The van der Waals surface area contributed by atoms with Gasteiger partial charge in [-0.1, -0.05) is 40.6 Å². The Bertz CT molecular complexity index is 662. The summed E-state index contributed by atoms with van der Waals surface area (Å²) < 4.78 is 11.8. The molecule has 0 aliphatic heterocycles. The van der Waals surface area contributed by atoms with E-state index in [2.05, 4.69) is 26.2 Å². The van der Waals surface area contributed by atoms with Crippen molar-refractivity contribution in [2.45, 2.75) is 37.6 Å². The second-order valence-electron chi connectivity index (χ2n) is 5.28. The maximum Gasteiger partial charge on any atom is 0.239 e. The van der Waals surface area contributed by atoms with Gasteiger partial charge in [-0.05, 0) is 31.5 Å². The molecule has 1 aromatic heterocycles. The van der Waals surface area contributed by atoms with Gasteiger partial charge in [0.25, 0.3) is 0 Å². The Morgan fingerprint density at radius 1 is 1.48 bits per heavy atom. The van der Waals surface area contributed by atoms with Crippen molar-refractivity contribution in [3.63, 3.8) is 0 Å². The number of hydrogen-bond acceptors (Lipinski definition) is 5. The quantitative estimate of drug-likeness (QED) is 0.674. The van der Waals surface area contributed by atoms with Crippen molar-refractivity contribution in [3.8, 4) is 5.75 Å². The largest absolute Gasteiger partial charge is 0.488 e. The molecule has 0 spiro atoms. The molecule has 0 radical (unpaired) electrons. The number of carbonyl (C=O) groups excluding carboxylic acids is 1. The van der Waals surface area contributed by atoms with Gasteiger partial charge in [-0.15, -0.1) is 0 Å². The smallest absolute Gasteiger partial charge is 0.239 e. The lowest BCUT2D eigenvalue weighted by molar-refractivity contribution is -0.115. The molecule has 2 atom stereocenters. The standard InChI is InChI=1S/C16H21BrN2O3S/c1-4-5-12(17)15(20)19-16-18-13-7-6-11(8-14(13)23-16)22-10(2)9-21-3/h6-8,10,12H,4-5,9H2,1-3H3,(H,18,19,20)/t10-,12-/m0/s1. The molecule has 23 heavy (non-hydrogen) atoms. The number of carbonyl (C=O) groups is 1. The number of rotatable bonds is 8. The van der Waals surface area contributed by atoms with Gasteiger partial charge in [0.05, 0.1) is 21.7 Å². The van der Waals surface area contributed by atoms with Crippen LogP contribution in [0, 0.1) is 0 Å². The van der Waals surface area contributed by atoms with Crippen molar-refractivity contribution in [2.24, 2.45) is 0 Å². The fraction of sp³-hybridized carbons (Fsp3) is 0.500. The normalized spacial score (nSPS) is 13.7. The van der Waals surface area contributed by atoms with E-state index in [1.54, 1.807) is 7.11 Å². The number of thiazole rings is 1. The SMILES string of the molecule is CCC[C@H](Br)C(=O)Nc1nc2ccc(O[C@@H](C)COC)cc2s1. The topological polar surface area (TPSA) is 60.5 Å². The van der Waals surface area contributed by atoms with E-state index in [1.807, 2.05) is 32.0 Å². The second kappa shape index (κ2) is 8.61. The van der Waals surface area contributed by atoms with Crippen LogP contribution in [0.25, 0.3) is 10.2 Å². The summed E-state index contributed by atoms with van der Waals surface area (Å²) >= 11 is 4.83. The number of aromatic nitrogens is 1. The molecule has 0 unspecified atom stereocenters. The van der Waals surface area contributed by atoms with Gasteiger partial charge in [-0.2, -0.15) is 0 Å². The van der Waals surface area contributed by atoms with Crippen LogP contribution in [0.5, 0.6) is 5.75 Å². The highest BCUT2D eigenvalue weighted by Crippen LogP contribution is 2.30. The predicted molar refractivity (Wildman–Crippen MR) is 97.8 cm³/mol. The van der Waals surface area contributed by atoms with Crippen molar-refractivity contribution >= 4 is 48.5 Å². The minimum absolute atomic E-state index is 0.0206. The number of ether oxygens (including phenoxy) is 2. The van der Waals surface area contributed by atoms with Crippen LogP contribution in [0.15, 0.2) is 18.2 Å². The molecule has 0 aliphatic carbocycles. The van der Waals surface area contributed by atoms with E-state index in [0.29, 0.717) is 11.7 Å². The number of methoxy groups -OCH3 is 1. The highest BCUT2D eigenvalue weighted by atomic mass is 79.9. The molecule has 2 aromatic rings. The molecule has 1 N–H and O–H groups in total. The Morgan fingerprint density at radius 3 is 2.96 bits per heavy atom. The van der Waals surface area contributed by atoms with Crippen molar-refractivity contribution in [1.82, 2.24) is 4.98 Å². The molecule has 0 saturated carbocycles. The van der Waals surface area contributed by atoms with Gasteiger partial charge < -0.3 is 14.8 Å². The zero-order chi connectivity index (χ0) is 16.8. The van der Waals surface area contributed by atoms with Crippen molar-refractivity contribution < 1.29 is 14.3 Å². The molecule has 1 amide bonds. The summed E-state index contributed by atoms with van der Waals surface area (Å²) in [5.41, 5.74) is 0.846. The van der Waals surface area contributed by atoms with Crippen LogP contribution < -0.4 is 10.1 Å². The fourth-order valence-corrected chi connectivity index (χ4v) is 3.57. The first-order valence-corrected chi connectivity index (χ1v) is 9.27.